The molecular weight excluding hydrogens is 491 g/mol. The molecule has 0 amide bonds. The number of guanidine groups is 1. The van der Waals surface area contributed by atoms with E-state index in [0.717, 1.165) is 17.0 Å². The van der Waals surface area contributed by atoms with Gasteiger partial charge < -0.3 is 15.8 Å². The molecular formula is C19H27IN4O3S. The topological polar surface area (TPSA) is 97.0 Å². The van der Waals surface area contributed by atoms with Crippen molar-refractivity contribution in [3.05, 3.63) is 54.1 Å². The van der Waals surface area contributed by atoms with Crippen LogP contribution in [0.2, 0.25) is 0 Å². The molecule has 0 saturated carbocycles. The van der Waals surface area contributed by atoms with E-state index in [1.165, 1.54) is 18.4 Å². The summed E-state index contributed by atoms with van der Waals surface area (Å²) in [6, 6.07) is 14.0. The van der Waals surface area contributed by atoms with E-state index in [2.05, 4.69) is 10.3 Å². The molecule has 2 aromatic carbocycles. The summed E-state index contributed by atoms with van der Waals surface area (Å²) in [4.78, 5) is 4.53. The van der Waals surface area contributed by atoms with E-state index in [1.54, 1.807) is 24.3 Å². The number of benzene rings is 2. The quantitative estimate of drug-likeness (QED) is 0.333. The number of anilines is 1. The van der Waals surface area contributed by atoms with E-state index in [0.29, 0.717) is 6.54 Å². The fourth-order valence-electron chi connectivity index (χ4n) is 2.23. The SMILES string of the molecule is CC(C)Oc1ccc(NC(N)=NCc2ccc(S(=O)(=O)N(C)C)cc2)cc1.I. The van der Waals surface area contributed by atoms with Crippen molar-refractivity contribution in [3.63, 3.8) is 0 Å². The number of ether oxygens (including phenoxy) is 1. The highest BCUT2D eigenvalue weighted by Crippen LogP contribution is 2.17. The van der Waals surface area contributed by atoms with Crippen LogP contribution in [-0.4, -0.2) is 38.9 Å². The monoisotopic (exact) mass is 518 g/mol. The smallest absolute Gasteiger partial charge is 0.242 e. The number of aliphatic imine (C=N–C) groups is 1. The van der Waals surface area contributed by atoms with Crippen molar-refractivity contribution < 1.29 is 13.2 Å². The molecule has 0 radical (unpaired) electrons. The molecule has 2 aromatic rings. The number of nitrogens with two attached hydrogens (primary N) is 1. The molecule has 9 heteroatoms. The predicted molar refractivity (Wildman–Crippen MR) is 124 cm³/mol. The summed E-state index contributed by atoms with van der Waals surface area (Å²) in [5.74, 6) is 1.07. The van der Waals surface area contributed by atoms with E-state index in [1.807, 2.05) is 38.1 Å². The lowest BCUT2D eigenvalue weighted by Gasteiger charge is -2.11. The van der Waals surface area contributed by atoms with Gasteiger partial charge >= 0.3 is 0 Å². The molecule has 0 aliphatic rings. The second kappa shape index (κ2) is 10.6. The van der Waals surface area contributed by atoms with Gasteiger partial charge in [-0.1, -0.05) is 12.1 Å². The van der Waals surface area contributed by atoms with Gasteiger partial charge in [0, 0.05) is 19.8 Å². The molecule has 0 fully saturated rings. The standard InChI is InChI=1S/C19H26N4O3S.HI/c1-14(2)26-17-9-7-16(8-10-17)22-19(20)21-13-15-5-11-18(12-6-15)27(24,25)23(3)4;/h5-12,14H,13H2,1-4H3,(H3,20,21,22);1H. The van der Waals surface area contributed by atoms with E-state index in [9.17, 15) is 8.42 Å². The third-order valence-corrected chi connectivity index (χ3v) is 5.46. The zero-order valence-corrected chi connectivity index (χ0v) is 19.6. The molecule has 0 atom stereocenters. The van der Waals surface area contributed by atoms with Crippen molar-refractivity contribution in [1.82, 2.24) is 4.31 Å². The first kappa shape index (κ1) is 24.2. The maximum absolute atomic E-state index is 12.1. The Bertz CT molecular complexity index is 880. The minimum Gasteiger partial charge on any atom is -0.491 e. The van der Waals surface area contributed by atoms with Gasteiger partial charge in [-0.05, 0) is 55.8 Å². The summed E-state index contributed by atoms with van der Waals surface area (Å²) < 4.78 is 30.9. The maximum atomic E-state index is 12.1. The summed E-state index contributed by atoms with van der Waals surface area (Å²) >= 11 is 0. The Kier molecular flexibility index (Phi) is 9.18. The summed E-state index contributed by atoms with van der Waals surface area (Å²) in [6.45, 7) is 4.29. The first-order valence-corrected chi connectivity index (χ1v) is 9.97. The number of halogens is 1. The van der Waals surface area contributed by atoms with Crippen LogP contribution < -0.4 is 15.8 Å². The molecule has 2 rings (SSSR count). The van der Waals surface area contributed by atoms with Gasteiger partial charge in [0.15, 0.2) is 5.96 Å². The molecule has 0 aromatic heterocycles. The van der Waals surface area contributed by atoms with Crippen LogP contribution in [-0.2, 0) is 16.6 Å². The average Bonchev–Trinajstić information content (AvgIpc) is 2.61. The molecule has 3 N–H and O–H groups in total. The zero-order chi connectivity index (χ0) is 20.0. The van der Waals surface area contributed by atoms with Gasteiger partial charge in [0.25, 0.3) is 0 Å². The molecule has 0 bridgehead atoms. The van der Waals surface area contributed by atoms with Crippen molar-refractivity contribution in [3.8, 4) is 5.75 Å². The van der Waals surface area contributed by atoms with Crippen molar-refractivity contribution in [2.45, 2.75) is 31.4 Å². The fourth-order valence-corrected chi connectivity index (χ4v) is 3.13. The fraction of sp³-hybridized carbons (Fsp3) is 0.316. The zero-order valence-electron chi connectivity index (χ0n) is 16.4. The van der Waals surface area contributed by atoms with Gasteiger partial charge in [0.05, 0.1) is 17.5 Å². The molecule has 0 saturated heterocycles. The van der Waals surface area contributed by atoms with E-state index in [-0.39, 0.29) is 40.9 Å². The van der Waals surface area contributed by atoms with Crippen molar-refractivity contribution >= 4 is 45.6 Å². The van der Waals surface area contributed by atoms with E-state index in [4.69, 9.17) is 10.5 Å². The summed E-state index contributed by atoms with van der Waals surface area (Å²) in [5.41, 5.74) is 7.58. The van der Waals surface area contributed by atoms with Crippen LogP contribution in [0.3, 0.4) is 0 Å². The van der Waals surface area contributed by atoms with E-state index < -0.39 is 10.0 Å². The average molecular weight is 518 g/mol. The highest BCUT2D eigenvalue weighted by molar-refractivity contribution is 14.0. The van der Waals surface area contributed by atoms with Gasteiger partial charge in [0.2, 0.25) is 10.0 Å². The van der Waals surface area contributed by atoms with Crippen LogP contribution in [0.15, 0.2) is 58.4 Å². The van der Waals surface area contributed by atoms with Gasteiger partial charge in [0.1, 0.15) is 5.75 Å². The van der Waals surface area contributed by atoms with Gasteiger partial charge in [-0.25, -0.2) is 17.7 Å². The number of nitrogens with zero attached hydrogens (tertiary/aromatic N) is 2. The normalized spacial score (nSPS) is 12.0. The first-order chi connectivity index (χ1) is 12.7. The Hall–Kier alpha value is -1.85. The molecule has 0 aliphatic heterocycles. The third-order valence-electron chi connectivity index (χ3n) is 3.63. The summed E-state index contributed by atoms with van der Waals surface area (Å²) in [5, 5.41) is 3.01. The van der Waals surface area contributed by atoms with Crippen LogP contribution in [0.5, 0.6) is 5.75 Å². The number of sulfonamides is 1. The van der Waals surface area contributed by atoms with Gasteiger partial charge in [-0.15, -0.1) is 24.0 Å². The second-order valence-corrected chi connectivity index (χ2v) is 8.60. The lowest BCUT2D eigenvalue weighted by Crippen LogP contribution is -2.22. The highest BCUT2D eigenvalue weighted by atomic mass is 127. The molecule has 0 heterocycles. The first-order valence-electron chi connectivity index (χ1n) is 8.53. The largest absolute Gasteiger partial charge is 0.491 e. The van der Waals surface area contributed by atoms with Gasteiger partial charge in [-0.2, -0.15) is 0 Å². The molecule has 154 valence electrons. The van der Waals surface area contributed by atoms with Crippen LogP contribution in [0.4, 0.5) is 5.69 Å². The Morgan fingerprint density at radius 2 is 1.68 bits per heavy atom. The predicted octanol–water partition coefficient (Wildman–Crippen LogP) is 3.27. The van der Waals surface area contributed by atoms with Crippen molar-refractivity contribution in [2.75, 3.05) is 19.4 Å². The Morgan fingerprint density at radius 3 is 2.18 bits per heavy atom. The van der Waals surface area contributed by atoms with Crippen LogP contribution >= 0.6 is 24.0 Å². The van der Waals surface area contributed by atoms with Crippen molar-refractivity contribution in [2.24, 2.45) is 10.7 Å². The van der Waals surface area contributed by atoms with Crippen LogP contribution in [0.25, 0.3) is 0 Å². The third kappa shape index (κ3) is 6.95. The summed E-state index contributed by atoms with van der Waals surface area (Å²) in [7, 11) is -0.424. The van der Waals surface area contributed by atoms with Gasteiger partial charge in [-0.3, -0.25) is 0 Å². The van der Waals surface area contributed by atoms with Crippen LogP contribution in [0, 0.1) is 0 Å². The number of hydrogen-bond acceptors (Lipinski definition) is 4. The lowest BCUT2D eigenvalue weighted by atomic mass is 10.2. The molecule has 28 heavy (non-hydrogen) atoms. The Balaban J connectivity index is 0.00000392. The minimum absolute atomic E-state index is 0. The summed E-state index contributed by atoms with van der Waals surface area (Å²) in [6.07, 6.45) is 0.120. The minimum atomic E-state index is -3.43. The Morgan fingerprint density at radius 1 is 1.11 bits per heavy atom. The Labute approximate surface area is 184 Å². The molecule has 0 spiro atoms. The molecule has 7 nitrogen and oxygen atoms in total. The molecule has 0 aliphatic carbocycles. The highest BCUT2D eigenvalue weighted by Gasteiger charge is 2.16. The number of rotatable bonds is 7. The lowest BCUT2D eigenvalue weighted by molar-refractivity contribution is 0.242. The number of hydrogen-bond donors (Lipinski definition) is 2. The molecule has 0 unspecified atom stereocenters. The maximum Gasteiger partial charge on any atom is 0.242 e. The van der Waals surface area contributed by atoms with Crippen LogP contribution in [0.1, 0.15) is 19.4 Å². The number of nitrogens with one attached hydrogen (secondary N) is 1. The second-order valence-electron chi connectivity index (χ2n) is 6.45. The van der Waals surface area contributed by atoms with Crippen molar-refractivity contribution in [1.29, 1.82) is 0 Å². The van der Waals surface area contributed by atoms with E-state index >= 15 is 0 Å².